The van der Waals surface area contributed by atoms with Crippen LogP contribution in [0.2, 0.25) is 0 Å². The Morgan fingerprint density at radius 2 is 1.70 bits per heavy atom. The third-order valence-electron chi connectivity index (χ3n) is 3.19. The lowest BCUT2D eigenvalue weighted by Gasteiger charge is -2.05. The van der Waals surface area contributed by atoms with Gasteiger partial charge in [0.15, 0.2) is 0 Å². The lowest BCUT2D eigenvalue weighted by molar-refractivity contribution is -0.138. The topological polar surface area (TPSA) is 27.1 Å². The maximum Gasteiger partial charge on any atom is 0.419 e. The van der Waals surface area contributed by atoms with Gasteiger partial charge in [0.25, 0.3) is 0 Å². The monoisotopic (exact) mass is 292 g/mol. The van der Waals surface area contributed by atoms with E-state index in [-0.39, 0.29) is 18.8 Å². The molecule has 2 rings (SSSR count). The molecule has 0 unspecified atom stereocenters. The molecule has 0 bridgehead atoms. The van der Waals surface area contributed by atoms with Gasteiger partial charge in [-0.2, -0.15) is 18.3 Å². The van der Waals surface area contributed by atoms with Crippen molar-refractivity contribution in [3.05, 3.63) is 28.3 Å². The molecule has 0 fully saturated rings. The largest absolute Gasteiger partial charge is 0.498 e. The Morgan fingerprint density at radius 3 is 1.85 bits per heavy atom. The summed E-state index contributed by atoms with van der Waals surface area (Å²) >= 11 is 0. The summed E-state index contributed by atoms with van der Waals surface area (Å²) in [5.74, 6) is 1.12. The zero-order valence-electron chi connectivity index (χ0n) is 11.9. The molecule has 6 heteroatoms. The summed E-state index contributed by atoms with van der Waals surface area (Å²) in [6, 6.07) is 0. The summed E-state index contributed by atoms with van der Waals surface area (Å²) < 4.78 is 43.2. The molecule has 0 atom stereocenters. The van der Waals surface area contributed by atoms with Gasteiger partial charge in [-0.05, 0) is 33.3 Å². The van der Waals surface area contributed by atoms with Crippen LogP contribution in [0.1, 0.15) is 44.6 Å². The average molecular weight is 292 g/mol. The molecular weight excluding hydrogens is 269 g/mol. The Morgan fingerprint density at radius 1 is 1.15 bits per heavy atom. The molecule has 1 aliphatic heterocycles. The highest BCUT2D eigenvalue weighted by Crippen LogP contribution is 2.33. The van der Waals surface area contributed by atoms with E-state index in [1.165, 1.54) is 31.2 Å². The molecule has 116 valence electrons. The van der Waals surface area contributed by atoms with Crippen molar-refractivity contribution in [2.24, 2.45) is 7.05 Å². The van der Waals surface area contributed by atoms with Crippen LogP contribution in [0, 0.1) is 13.8 Å². The second kappa shape index (κ2) is 6.81. The van der Waals surface area contributed by atoms with Crippen LogP contribution >= 0.6 is 0 Å². The van der Waals surface area contributed by atoms with E-state index in [0.29, 0.717) is 0 Å². The number of alkyl halides is 3. The van der Waals surface area contributed by atoms with Crippen LogP contribution in [0.15, 0.2) is 11.3 Å². The molecule has 0 aliphatic carbocycles. The van der Waals surface area contributed by atoms with E-state index in [0.717, 1.165) is 18.8 Å². The molecule has 0 saturated heterocycles. The first-order valence-corrected chi connectivity index (χ1v) is 6.01. The predicted molar refractivity (Wildman–Crippen MR) is 73.4 cm³/mol. The highest BCUT2D eigenvalue weighted by molar-refractivity contribution is 5.27. The first kappa shape index (κ1) is 18.5. The number of aryl methyl sites for hydroxylation is 2. The SMILES string of the molecule is C.CC1=C(C)OCC1.Cc1nn(C)c(C)c1C(F)(F)F. The fourth-order valence-corrected chi connectivity index (χ4v) is 1.84. The lowest BCUT2D eigenvalue weighted by atomic mass is 10.2. The molecule has 0 saturated carbocycles. The highest BCUT2D eigenvalue weighted by atomic mass is 19.4. The van der Waals surface area contributed by atoms with Gasteiger partial charge in [0.1, 0.15) is 0 Å². The Kier molecular flexibility index (Phi) is 6.32. The molecule has 0 aromatic carbocycles. The van der Waals surface area contributed by atoms with Gasteiger partial charge in [-0.15, -0.1) is 0 Å². The molecule has 0 amide bonds. The lowest BCUT2D eigenvalue weighted by Crippen LogP contribution is -2.08. The van der Waals surface area contributed by atoms with Crippen LogP contribution in [0.3, 0.4) is 0 Å². The highest BCUT2D eigenvalue weighted by Gasteiger charge is 2.36. The molecule has 3 nitrogen and oxygen atoms in total. The summed E-state index contributed by atoms with van der Waals surface area (Å²) in [5.41, 5.74) is 0.965. The van der Waals surface area contributed by atoms with E-state index in [2.05, 4.69) is 12.0 Å². The Labute approximate surface area is 118 Å². The van der Waals surface area contributed by atoms with E-state index < -0.39 is 11.7 Å². The Hall–Kier alpha value is -1.46. The number of nitrogens with zero attached hydrogens (tertiary/aromatic N) is 2. The van der Waals surface area contributed by atoms with Gasteiger partial charge in [0.05, 0.1) is 23.6 Å². The van der Waals surface area contributed by atoms with Crippen molar-refractivity contribution in [3.63, 3.8) is 0 Å². The Balaban J connectivity index is 0.000000387. The molecule has 1 aromatic heterocycles. The van der Waals surface area contributed by atoms with Crippen molar-refractivity contribution in [2.75, 3.05) is 6.61 Å². The van der Waals surface area contributed by atoms with Crippen molar-refractivity contribution in [3.8, 4) is 0 Å². The van der Waals surface area contributed by atoms with E-state index in [1.54, 1.807) is 0 Å². The van der Waals surface area contributed by atoms with E-state index in [9.17, 15) is 13.2 Å². The minimum atomic E-state index is -4.29. The molecule has 1 aromatic rings. The van der Waals surface area contributed by atoms with Gasteiger partial charge in [-0.1, -0.05) is 7.43 Å². The van der Waals surface area contributed by atoms with Crippen LogP contribution in [0.5, 0.6) is 0 Å². The quantitative estimate of drug-likeness (QED) is 0.709. The summed E-state index contributed by atoms with van der Waals surface area (Å²) in [4.78, 5) is 0. The van der Waals surface area contributed by atoms with E-state index >= 15 is 0 Å². The summed E-state index contributed by atoms with van der Waals surface area (Å²) in [6.07, 6.45) is -3.16. The van der Waals surface area contributed by atoms with Crippen molar-refractivity contribution < 1.29 is 17.9 Å². The number of rotatable bonds is 0. The third kappa shape index (κ3) is 4.28. The molecular formula is C14H23F3N2O. The number of halogens is 3. The molecule has 20 heavy (non-hydrogen) atoms. The average Bonchev–Trinajstić information content (AvgIpc) is 2.72. The molecule has 0 radical (unpaired) electrons. The zero-order chi connectivity index (χ0) is 14.8. The first-order valence-electron chi connectivity index (χ1n) is 6.01. The summed E-state index contributed by atoms with van der Waals surface area (Å²) in [6.45, 7) is 7.79. The predicted octanol–water partition coefficient (Wildman–Crippen LogP) is 4.39. The van der Waals surface area contributed by atoms with E-state index in [1.807, 2.05) is 6.92 Å². The second-order valence-electron chi connectivity index (χ2n) is 4.60. The van der Waals surface area contributed by atoms with Gasteiger partial charge in [0.2, 0.25) is 0 Å². The first-order chi connectivity index (χ1) is 8.64. The van der Waals surface area contributed by atoms with Crippen LogP contribution in [-0.4, -0.2) is 16.4 Å². The second-order valence-corrected chi connectivity index (χ2v) is 4.60. The fourth-order valence-electron chi connectivity index (χ4n) is 1.84. The Bertz CT molecular complexity index is 475. The molecule has 2 heterocycles. The maximum absolute atomic E-state index is 12.3. The third-order valence-corrected chi connectivity index (χ3v) is 3.19. The van der Waals surface area contributed by atoms with Crippen molar-refractivity contribution in [1.82, 2.24) is 9.78 Å². The fraction of sp³-hybridized carbons (Fsp3) is 0.643. The number of ether oxygens (including phenoxy) is 1. The summed E-state index contributed by atoms with van der Waals surface area (Å²) in [7, 11) is 1.50. The van der Waals surface area contributed by atoms with Crippen molar-refractivity contribution in [1.29, 1.82) is 0 Å². The van der Waals surface area contributed by atoms with Crippen molar-refractivity contribution in [2.45, 2.75) is 47.7 Å². The molecule has 0 N–H and O–H groups in total. The van der Waals surface area contributed by atoms with Crippen LogP contribution in [0.25, 0.3) is 0 Å². The van der Waals surface area contributed by atoms with E-state index in [4.69, 9.17) is 4.74 Å². The van der Waals surface area contributed by atoms with Gasteiger partial charge in [0, 0.05) is 19.2 Å². The number of hydrogen-bond acceptors (Lipinski definition) is 2. The van der Waals surface area contributed by atoms with Crippen molar-refractivity contribution >= 4 is 0 Å². The van der Waals surface area contributed by atoms with Gasteiger partial charge in [-0.3, -0.25) is 4.68 Å². The minimum Gasteiger partial charge on any atom is -0.498 e. The molecule has 0 spiro atoms. The standard InChI is InChI=1S/C7H9F3N2.C6H10O.CH4/c1-4-6(7(8,9)10)5(2)12(3)11-4;1-5-3-4-7-6(5)2;/h1-3H3;3-4H2,1-2H3;1H4. The smallest absolute Gasteiger partial charge is 0.419 e. The maximum atomic E-state index is 12.3. The summed E-state index contributed by atoms with van der Waals surface area (Å²) in [5, 5.41) is 3.67. The zero-order valence-corrected chi connectivity index (χ0v) is 11.9. The van der Waals surface area contributed by atoms with Gasteiger partial charge in [-0.25, -0.2) is 0 Å². The minimum absolute atomic E-state index is 0. The van der Waals surface area contributed by atoms with Crippen LogP contribution in [0.4, 0.5) is 13.2 Å². The van der Waals surface area contributed by atoms with Crippen LogP contribution < -0.4 is 0 Å². The van der Waals surface area contributed by atoms with Gasteiger partial charge < -0.3 is 4.74 Å². The molecule has 1 aliphatic rings. The van der Waals surface area contributed by atoms with Gasteiger partial charge >= 0.3 is 6.18 Å². The normalized spacial score (nSPS) is 14.4. The number of allylic oxidation sites excluding steroid dienone is 1. The number of hydrogen-bond donors (Lipinski definition) is 0. The van der Waals surface area contributed by atoms with Crippen LogP contribution in [-0.2, 0) is 18.0 Å². The number of aromatic nitrogens is 2.